The third-order valence-corrected chi connectivity index (χ3v) is 1.99. The molecular weight excluding hydrogens is 208 g/mol. The second-order valence-corrected chi connectivity index (χ2v) is 3.53. The van der Waals surface area contributed by atoms with Crippen molar-refractivity contribution in [3.8, 4) is 0 Å². The van der Waals surface area contributed by atoms with Crippen LogP contribution in [0, 0.1) is 6.92 Å². The fourth-order valence-electron chi connectivity index (χ4n) is 1.15. The highest BCUT2D eigenvalue weighted by molar-refractivity contribution is 5.92. The number of rotatable bonds is 3. The number of carboxylic acid groups (broad SMARTS) is 1. The quantitative estimate of drug-likeness (QED) is 0.726. The van der Waals surface area contributed by atoms with Crippen LogP contribution in [0.15, 0.2) is 24.3 Å². The van der Waals surface area contributed by atoms with E-state index in [0.717, 1.165) is 5.56 Å². The maximum Gasteiger partial charge on any atom is 0.325 e. The zero-order chi connectivity index (χ0) is 12.1. The summed E-state index contributed by atoms with van der Waals surface area (Å²) in [5.74, 6) is -1.07. The van der Waals surface area contributed by atoms with Crippen molar-refractivity contribution in [2.45, 2.75) is 19.9 Å². The van der Waals surface area contributed by atoms with E-state index in [0.29, 0.717) is 5.69 Å². The monoisotopic (exact) mass is 222 g/mol. The summed E-state index contributed by atoms with van der Waals surface area (Å²) in [5.41, 5.74) is 1.65. The number of nitrogens with one attached hydrogen (secondary N) is 2. The van der Waals surface area contributed by atoms with Crippen molar-refractivity contribution < 1.29 is 14.7 Å². The summed E-state index contributed by atoms with van der Waals surface area (Å²) >= 11 is 0. The van der Waals surface area contributed by atoms with E-state index in [9.17, 15) is 9.59 Å². The molecule has 0 aliphatic rings. The molecule has 0 aliphatic carbocycles. The molecule has 5 nitrogen and oxygen atoms in total. The number of carboxylic acids is 1. The summed E-state index contributed by atoms with van der Waals surface area (Å²) in [4.78, 5) is 21.9. The summed E-state index contributed by atoms with van der Waals surface area (Å²) in [7, 11) is 0. The molecule has 1 unspecified atom stereocenters. The standard InChI is InChI=1S/C11H14N2O3/c1-7-4-3-5-9(6-7)13-11(16)12-8(2)10(14)15/h3-6,8H,1-2H3,(H,14,15)(H2,12,13,16). The van der Waals surface area contributed by atoms with Gasteiger partial charge >= 0.3 is 12.0 Å². The second kappa shape index (κ2) is 5.16. The minimum atomic E-state index is -1.07. The smallest absolute Gasteiger partial charge is 0.325 e. The summed E-state index contributed by atoms with van der Waals surface area (Å²) in [6, 6.07) is 5.81. The van der Waals surface area contributed by atoms with Crippen molar-refractivity contribution in [3.63, 3.8) is 0 Å². The zero-order valence-corrected chi connectivity index (χ0v) is 9.15. The third kappa shape index (κ3) is 3.61. The maximum absolute atomic E-state index is 11.4. The third-order valence-electron chi connectivity index (χ3n) is 1.99. The van der Waals surface area contributed by atoms with Gasteiger partial charge in [-0.1, -0.05) is 12.1 Å². The van der Waals surface area contributed by atoms with Gasteiger partial charge in [0.25, 0.3) is 0 Å². The van der Waals surface area contributed by atoms with Crippen LogP contribution in [0.4, 0.5) is 10.5 Å². The normalized spacial score (nSPS) is 11.6. The van der Waals surface area contributed by atoms with E-state index < -0.39 is 18.0 Å². The maximum atomic E-state index is 11.4. The van der Waals surface area contributed by atoms with Gasteiger partial charge < -0.3 is 15.7 Å². The van der Waals surface area contributed by atoms with Crippen molar-refractivity contribution in [3.05, 3.63) is 29.8 Å². The van der Waals surface area contributed by atoms with Crippen LogP contribution in [0.1, 0.15) is 12.5 Å². The number of aliphatic carboxylic acids is 1. The van der Waals surface area contributed by atoms with Crippen LogP contribution in [0.5, 0.6) is 0 Å². The van der Waals surface area contributed by atoms with Crippen LogP contribution in [0.2, 0.25) is 0 Å². The molecule has 16 heavy (non-hydrogen) atoms. The summed E-state index contributed by atoms with van der Waals surface area (Å²) in [6.45, 7) is 3.31. The van der Waals surface area contributed by atoms with Crippen molar-refractivity contribution in [2.24, 2.45) is 0 Å². The van der Waals surface area contributed by atoms with E-state index in [4.69, 9.17) is 5.11 Å². The Kier molecular flexibility index (Phi) is 3.88. The molecule has 1 aromatic carbocycles. The Morgan fingerprint density at radius 1 is 1.38 bits per heavy atom. The molecule has 0 fully saturated rings. The molecule has 1 rings (SSSR count). The second-order valence-electron chi connectivity index (χ2n) is 3.53. The highest BCUT2D eigenvalue weighted by Gasteiger charge is 2.13. The van der Waals surface area contributed by atoms with Crippen LogP contribution in [0.25, 0.3) is 0 Å². The molecule has 5 heteroatoms. The molecule has 86 valence electrons. The van der Waals surface area contributed by atoms with Gasteiger partial charge in [-0.15, -0.1) is 0 Å². The van der Waals surface area contributed by atoms with Gasteiger partial charge in [0.05, 0.1) is 0 Å². The number of hydrogen-bond donors (Lipinski definition) is 3. The highest BCUT2D eigenvalue weighted by atomic mass is 16.4. The number of amides is 2. The fraction of sp³-hybridized carbons (Fsp3) is 0.273. The lowest BCUT2D eigenvalue weighted by Crippen LogP contribution is -2.40. The van der Waals surface area contributed by atoms with Gasteiger partial charge in [-0.05, 0) is 31.5 Å². The largest absolute Gasteiger partial charge is 0.480 e. The first kappa shape index (κ1) is 12.0. The Labute approximate surface area is 93.5 Å². The molecule has 2 amide bonds. The highest BCUT2D eigenvalue weighted by Crippen LogP contribution is 2.08. The molecule has 0 heterocycles. The first-order valence-corrected chi connectivity index (χ1v) is 4.86. The summed E-state index contributed by atoms with van der Waals surface area (Å²) < 4.78 is 0. The average molecular weight is 222 g/mol. The predicted octanol–water partition coefficient (Wildman–Crippen LogP) is 1.59. The first-order chi connectivity index (χ1) is 7.49. The van der Waals surface area contributed by atoms with Gasteiger partial charge in [-0.3, -0.25) is 4.79 Å². The van der Waals surface area contributed by atoms with E-state index in [1.165, 1.54) is 6.92 Å². The molecule has 1 atom stereocenters. The lowest BCUT2D eigenvalue weighted by atomic mass is 10.2. The molecular formula is C11H14N2O3. The Bertz CT molecular complexity index is 404. The Balaban J connectivity index is 2.55. The van der Waals surface area contributed by atoms with Crippen molar-refractivity contribution in [2.75, 3.05) is 5.32 Å². The number of carbonyl (C=O) groups excluding carboxylic acids is 1. The van der Waals surface area contributed by atoms with E-state index in [1.54, 1.807) is 12.1 Å². The molecule has 0 saturated carbocycles. The lowest BCUT2D eigenvalue weighted by Gasteiger charge is -2.10. The fourth-order valence-corrected chi connectivity index (χ4v) is 1.15. The average Bonchev–Trinajstić information content (AvgIpc) is 2.16. The van der Waals surface area contributed by atoms with Crippen molar-refractivity contribution >= 4 is 17.7 Å². The minimum Gasteiger partial charge on any atom is -0.480 e. The molecule has 3 N–H and O–H groups in total. The van der Waals surface area contributed by atoms with E-state index in [1.807, 2.05) is 19.1 Å². The van der Waals surface area contributed by atoms with Gasteiger partial charge in [-0.2, -0.15) is 0 Å². The topological polar surface area (TPSA) is 78.4 Å². The summed E-state index contributed by atoms with van der Waals surface area (Å²) in [6.07, 6.45) is 0. The van der Waals surface area contributed by atoms with E-state index in [-0.39, 0.29) is 0 Å². The van der Waals surface area contributed by atoms with E-state index >= 15 is 0 Å². The molecule has 0 aliphatic heterocycles. The molecule has 1 aromatic rings. The number of anilines is 1. The predicted molar refractivity (Wildman–Crippen MR) is 60.4 cm³/mol. The first-order valence-electron chi connectivity index (χ1n) is 4.86. The lowest BCUT2D eigenvalue weighted by molar-refractivity contribution is -0.138. The molecule has 0 radical (unpaired) electrons. The van der Waals surface area contributed by atoms with Crippen molar-refractivity contribution in [1.29, 1.82) is 0 Å². The van der Waals surface area contributed by atoms with E-state index in [2.05, 4.69) is 10.6 Å². The van der Waals surface area contributed by atoms with Gasteiger partial charge in [0, 0.05) is 5.69 Å². The Morgan fingerprint density at radius 2 is 2.06 bits per heavy atom. The number of benzene rings is 1. The minimum absolute atomic E-state index is 0.527. The number of urea groups is 1. The molecule has 0 bridgehead atoms. The summed E-state index contributed by atoms with van der Waals surface area (Å²) in [5, 5.41) is 13.5. The van der Waals surface area contributed by atoms with Crippen LogP contribution >= 0.6 is 0 Å². The van der Waals surface area contributed by atoms with Crippen LogP contribution in [-0.2, 0) is 4.79 Å². The molecule has 0 saturated heterocycles. The van der Waals surface area contributed by atoms with Gasteiger partial charge in [0.15, 0.2) is 0 Å². The Morgan fingerprint density at radius 3 is 2.62 bits per heavy atom. The molecule has 0 aromatic heterocycles. The number of carbonyl (C=O) groups is 2. The van der Waals surface area contributed by atoms with Gasteiger partial charge in [0.1, 0.15) is 6.04 Å². The van der Waals surface area contributed by atoms with Crippen LogP contribution in [0.3, 0.4) is 0 Å². The van der Waals surface area contributed by atoms with Crippen LogP contribution < -0.4 is 10.6 Å². The van der Waals surface area contributed by atoms with Crippen molar-refractivity contribution in [1.82, 2.24) is 5.32 Å². The zero-order valence-electron chi connectivity index (χ0n) is 9.15. The molecule has 0 spiro atoms. The number of hydrogen-bond acceptors (Lipinski definition) is 2. The SMILES string of the molecule is Cc1cccc(NC(=O)NC(C)C(=O)O)c1. The van der Waals surface area contributed by atoms with Crippen LogP contribution in [-0.4, -0.2) is 23.1 Å². The van der Waals surface area contributed by atoms with Gasteiger partial charge in [0.2, 0.25) is 0 Å². The Hall–Kier alpha value is -2.04. The van der Waals surface area contributed by atoms with Gasteiger partial charge in [-0.25, -0.2) is 4.79 Å². The number of aryl methyl sites for hydroxylation is 1.